The Balaban J connectivity index is 2.05. The lowest BCUT2D eigenvalue weighted by atomic mass is 9.85. The van der Waals surface area contributed by atoms with Crippen molar-refractivity contribution in [3.05, 3.63) is 12.2 Å². The fourth-order valence-corrected chi connectivity index (χ4v) is 2.36. The van der Waals surface area contributed by atoms with E-state index in [-0.39, 0.29) is 6.54 Å². The van der Waals surface area contributed by atoms with Crippen molar-refractivity contribution < 1.29 is 19.8 Å². The Morgan fingerprint density at radius 2 is 2.05 bits per heavy atom. The minimum absolute atomic E-state index is 0.221. The number of carbonyl (C=O) groups is 2. The number of nitrogens with zero attached hydrogens (tertiary/aromatic N) is 4. The number of aromatic nitrogens is 3. The van der Waals surface area contributed by atoms with Gasteiger partial charge in [0, 0.05) is 13.6 Å². The maximum atomic E-state index is 11.2. The summed E-state index contributed by atoms with van der Waals surface area (Å²) in [6, 6.07) is 0. The first-order valence-corrected chi connectivity index (χ1v) is 6.00. The van der Waals surface area contributed by atoms with Gasteiger partial charge in [-0.1, -0.05) is 0 Å². The average molecular weight is 268 g/mol. The zero-order valence-corrected chi connectivity index (χ0v) is 10.6. The SMILES string of the molecule is Cn1cnnc1CN1CCC(C(=O)O)C(C(=O)O)C1. The normalized spacial score (nSPS) is 24.3. The maximum Gasteiger partial charge on any atom is 0.308 e. The van der Waals surface area contributed by atoms with Crippen molar-refractivity contribution in [3.63, 3.8) is 0 Å². The van der Waals surface area contributed by atoms with Gasteiger partial charge in [0.1, 0.15) is 12.2 Å². The van der Waals surface area contributed by atoms with Crippen molar-refractivity contribution in [3.8, 4) is 0 Å². The molecule has 19 heavy (non-hydrogen) atoms. The molecule has 1 aliphatic heterocycles. The van der Waals surface area contributed by atoms with Crippen molar-refractivity contribution in [2.24, 2.45) is 18.9 Å². The number of likely N-dealkylation sites (tertiary alicyclic amines) is 1. The van der Waals surface area contributed by atoms with Gasteiger partial charge in [0.15, 0.2) is 0 Å². The number of piperidine rings is 1. The standard InChI is InChI=1S/C11H16N4O4/c1-14-6-12-13-9(14)5-15-3-2-7(10(16)17)8(4-15)11(18)19/h6-8H,2-5H2,1H3,(H,16,17)(H,18,19). The molecule has 2 heterocycles. The first kappa shape index (κ1) is 13.5. The van der Waals surface area contributed by atoms with E-state index in [4.69, 9.17) is 10.2 Å². The van der Waals surface area contributed by atoms with Gasteiger partial charge in [-0.05, 0) is 13.0 Å². The monoisotopic (exact) mass is 268 g/mol. The second-order valence-electron chi connectivity index (χ2n) is 4.77. The molecule has 2 atom stereocenters. The van der Waals surface area contributed by atoms with Crippen LogP contribution in [0.1, 0.15) is 12.2 Å². The van der Waals surface area contributed by atoms with Gasteiger partial charge in [0.25, 0.3) is 0 Å². The third kappa shape index (κ3) is 2.90. The summed E-state index contributed by atoms with van der Waals surface area (Å²) in [5.74, 6) is -3.05. The summed E-state index contributed by atoms with van der Waals surface area (Å²) in [6.45, 7) is 1.25. The second kappa shape index (κ2) is 5.35. The van der Waals surface area contributed by atoms with Crippen LogP contribution in [0.25, 0.3) is 0 Å². The molecule has 1 aromatic rings. The zero-order valence-electron chi connectivity index (χ0n) is 10.6. The Bertz CT molecular complexity index is 487. The Hall–Kier alpha value is -1.96. The number of hydrogen-bond acceptors (Lipinski definition) is 5. The van der Waals surface area contributed by atoms with E-state index in [9.17, 15) is 9.59 Å². The summed E-state index contributed by atoms with van der Waals surface area (Å²) >= 11 is 0. The molecule has 1 aromatic heterocycles. The van der Waals surface area contributed by atoms with Crippen LogP contribution in [-0.2, 0) is 23.2 Å². The summed E-state index contributed by atoms with van der Waals surface area (Å²) in [5, 5.41) is 25.9. The van der Waals surface area contributed by atoms with Gasteiger partial charge in [0.05, 0.1) is 18.4 Å². The molecule has 104 valence electrons. The van der Waals surface area contributed by atoms with E-state index < -0.39 is 23.8 Å². The smallest absolute Gasteiger partial charge is 0.308 e. The van der Waals surface area contributed by atoms with E-state index in [1.54, 1.807) is 10.9 Å². The largest absolute Gasteiger partial charge is 0.481 e. The molecule has 0 radical (unpaired) electrons. The number of carboxylic acid groups (broad SMARTS) is 2. The summed E-state index contributed by atoms with van der Waals surface area (Å²) in [7, 11) is 1.81. The lowest BCUT2D eigenvalue weighted by Gasteiger charge is -2.34. The molecule has 1 aliphatic rings. The minimum atomic E-state index is -1.06. The molecule has 2 N–H and O–H groups in total. The Kier molecular flexibility index (Phi) is 3.79. The third-order valence-electron chi connectivity index (χ3n) is 3.50. The number of hydrogen-bond donors (Lipinski definition) is 2. The minimum Gasteiger partial charge on any atom is -0.481 e. The first-order valence-electron chi connectivity index (χ1n) is 6.00. The topological polar surface area (TPSA) is 109 Å². The van der Waals surface area contributed by atoms with Crippen molar-refractivity contribution >= 4 is 11.9 Å². The fraction of sp³-hybridized carbons (Fsp3) is 0.636. The van der Waals surface area contributed by atoms with Gasteiger partial charge < -0.3 is 14.8 Å². The zero-order chi connectivity index (χ0) is 14.0. The highest BCUT2D eigenvalue weighted by molar-refractivity contribution is 5.80. The van der Waals surface area contributed by atoms with E-state index in [1.807, 2.05) is 11.9 Å². The third-order valence-corrected chi connectivity index (χ3v) is 3.50. The summed E-state index contributed by atoms with van der Waals surface area (Å²) in [5.41, 5.74) is 0. The van der Waals surface area contributed by atoms with Crippen LogP contribution in [0.15, 0.2) is 6.33 Å². The van der Waals surface area contributed by atoms with Crippen LogP contribution in [0.4, 0.5) is 0 Å². The number of carboxylic acids is 2. The van der Waals surface area contributed by atoms with Gasteiger partial charge in [-0.25, -0.2) is 0 Å². The van der Waals surface area contributed by atoms with Gasteiger partial charge in [-0.3, -0.25) is 14.5 Å². The fourth-order valence-electron chi connectivity index (χ4n) is 2.36. The summed E-state index contributed by atoms with van der Waals surface area (Å²) < 4.78 is 1.76. The molecule has 1 saturated heterocycles. The molecule has 0 amide bonds. The highest BCUT2D eigenvalue weighted by Gasteiger charge is 2.38. The lowest BCUT2D eigenvalue weighted by molar-refractivity contribution is -0.157. The Morgan fingerprint density at radius 1 is 1.37 bits per heavy atom. The lowest BCUT2D eigenvalue weighted by Crippen LogP contribution is -2.46. The van der Waals surface area contributed by atoms with E-state index in [1.165, 1.54) is 0 Å². The van der Waals surface area contributed by atoms with Crippen LogP contribution in [-0.4, -0.2) is 54.9 Å². The molecule has 0 spiro atoms. The van der Waals surface area contributed by atoms with Gasteiger partial charge in [-0.15, -0.1) is 10.2 Å². The maximum absolute atomic E-state index is 11.2. The quantitative estimate of drug-likeness (QED) is 0.752. The van der Waals surface area contributed by atoms with Gasteiger partial charge >= 0.3 is 11.9 Å². The van der Waals surface area contributed by atoms with E-state index in [0.717, 1.165) is 5.82 Å². The van der Waals surface area contributed by atoms with E-state index >= 15 is 0 Å². The summed E-state index contributed by atoms with van der Waals surface area (Å²) in [6.07, 6.45) is 1.91. The molecule has 2 rings (SSSR count). The molecule has 0 bridgehead atoms. The van der Waals surface area contributed by atoms with Gasteiger partial charge in [0.2, 0.25) is 0 Å². The Morgan fingerprint density at radius 3 is 2.58 bits per heavy atom. The number of aliphatic carboxylic acids is 2. The average Bonchev–Trinajstić information content (AvgIpc) is 2.74. The van der Waals surface area contributed by atoms with Crippen LogP contribution < -0.4 is 0 Å². The van der Waals surface area contributed by atoms with Crippen LogP contribution in [0, 0.1) is 11.8 Å². The van der Waals surface area contributed by atoms with Crippen LogP contribution >= 0.6 is 0 Å². The first-order chi connectivity index (χ1) is 8.99. The van der Waals surface area contributed by atoms with Crippen molar-refractivity contribution in [2.75, 3.05) is 13.1 Å². The highest BCUT2D eigenvalue weighted by atomic mass is 16.4. The molecule has 8 heteroatoms. The molecular weight excluding hydrogens is 252 g/mol. The number of aryl methyl sites for hydroxylation is 1. The Labute approximate surface area is 109 Å². The van der Waals surface area contributed by atoms with E-state index in [2.05, 4.69) is 10.2 Å². The molecular formula is C11H16N4O4. The predicted molar refractivity (Wildman–Crippen MR) is 63.1 cm³/mol. The van der Waals surface area contributed by atoms with Crippen LogP contribution in [0.3, 0.4) is 0 Å². The summed E-state index contributed by atoms with van der Waals surface area (Å²) in [4.78, 5) is 24.1. The molecule has 8 nitrogen and oxygen atoms in total. The van der Waals surface area contributed by atoms with Crippen LogP contribution in [0.5, 0.6) is 0 Å². The molecule has 0 aromatic carbocycles. The molecule has 0 saturated carbocycles. The van der Waals surface area contributed by atoms with Crippen molar-refractivity contribution in [2.45, 2.75) is 13.0 Å². The second-order valence-corrected chi connectivity index (χ2v) is 4.77. The highest BCUT2D eigenvalue weighted by Crippen LogP contribution is 2.25. The molecule has 1 fully saturated rings. The van der Waals surface area contributed by atoms with Crippen molar-refractivity contribution in [1.82, 2.24) is 19.7 Å². The van der Waals surface area contributed by atoms with E-state index in [0.29, 0.717) is 19.5 Å². The van der Waals surface area contributed by atoms with Gasteiger partial charge in [-0.2, -0.15) is 0 Å². The predicted octanol–water partition coefficient (Wildman–Crippen LogP) is -0.578. The molecule has 2 unspecified atom stereocenters. The van der Waals surface area contributed by atoms with Crippen LogP contribution in [0.2, 0.25) is 0 Å². The van der Waals surface area contributed by atoms with Crippen molar-refractivity contribution in [1.29, 1.82) is 0 Å². The molecule has 0 aliphatic carbocycles. The number of rotatable bonds is 4.